The van der Waals surface area contributed by atoms with Crippen molar-refractivity contribution in [3.63, 3.8) is 0 Å². The highest BCUT2D eigenvalue weighted by atomic mass is 32.2. The molecule has 2 N–H and O–H groups in total. The van der Waals surface area contributed by atoms with Crippen molar-refractivity contribution in [2.24, 2.45) is 11.1 Å². The number of nitrogens with zero attached hydrogens (tertiary/aromatic N) is 1. The topological polar surface area (TPSA) is 80.5 Å². The lowest BCUT2D eigenvalue weighted by atomic mass is 9.78. The van der Waals surface area contributed by atoms with Gasteiger partial charge in [-0.15, -0.1) is 11.3 Å². The Bertz CT molecular complexity index is 636. The van der Waals surface area contributed by atoms with E-state index in [-0.39, 0.29) is 10.1 Å². The van der Waals surface area contributed by atoms with Crippen LogP contribution in [0.15, 0.2) is 15.7 Å². The zero-order chi connectivity index (χ0) is 15.0. The predicted octanol–water partition coefficient (Wildman–Crippen LogP) is 2.19. The molecule has 1 amide bonds. The third-order valence-corrected chi connectivity index (χ3v) is 6.99. The minimum Gasteiger partial charge on any atom is -0.335 e. The molecule has 1 saturated carbocycles. The van der Waals surface area contributed by atoms with Crippen LogP contribution in [0.4, 0.5) is 0 Å². The fraction of sp³-hybridized carbons (Fsp3) is 0.643. The van der Waals surface area contributed by atoms with Crippen LogP contribution >= 0.6 is 11.3 Å². The molecule has 2 heterocycles. The van der Waals surface area contributed by atoms with E-state index in [4.69, 9.17) is 5.14 Å². The molecule has 3 rings (SSSR count). The quantitative estimate of drug-likeness (QED) is 0.903. The molecule has 1 saturated heterocycles. The molecular formula is C14H20N2O3S2. The fourth-order valence-electron chi connectivity index (χ4n) is 3.62. The third kappa shape index (κ3) is 3.00. The highest BCUT2D eigenvalue weighted by molar-refractivity contribution is 7.91. The number of piperidine rings is 1. The Morgan fingerprint density at radius 2 is 1.95 bits per heavy atom. The van der Waals surface area contributed by atoms with E-state index < -0.39 is 10.0 Å². The van der Waals surface area contributed by atoms with Gasteiger partial charge in [-0.05, 0) is 37.7 Å². The van der Waals surface area contributed by atoms with Crippen molar-refractivity contribution in [3.8, 4) is 0 Å². The van der Waals surface area contributed by atoms with Gasteiger partial charge in [-0.2, -0.15) is 0 Å². The van der Waals surface area contributed by atoms with Gasteiger partial charge in [-0.3, -0.25) is 4.79 Å². The summed E-state index contributed by atoms with van der Waals surface area (Å²) in [5.41, 5.74) is 0.454. The van der Waals surface area contributed by atoms with Gasteiger partial charge >= 0.3 is 0 Å². The van der Waals surface area contributed by atoms with Crippen molar-refractivity contribution >= 4 is 27.3 Å². The summed E-state index contributed by atoms with van der Waals surface area (Å²) in [5, 5.41) is 6.72. The number of nitrogens with two attached hydrogens (primary N) is 1. The molecule has 1 aromatic heterocycles. The van der Waals surface area contributed by atoms with E-state index in [1.807, 2.05) is 4.90 Å². The van der Waals surface area contributed by atoms with Crippen LogP contribution in [0.2, 0.25) is 0 Å². The first-order valence-corrected chi connectivity index (χ1v) is 9.82. The van der Waals surface area contributed by atoms with Crippen LogP contribution in [0.25, 0.3) is 0 Å². The number of thiophene rings is 1. The van der Waals surface area contributed by atoms with Crippen molar-refractivity contribution in [3.05, 3.63) is 17.0 Å². The number of carbonyl (C=O) groups excluding carboxylic acids is 1. The van der Waals surface area contributed by atoms with E-state index in [1.54, 1.807) is 5.38 Å². The second-order valence-electron chi connectivity index (χ2n) is 5.95. The Balaban J connectivity index is 1.82. The fourth-order valence-corrected chi connectivity index (χ4v) is 5.20. The summed E-state index contributed by atoms with van der Waals surface area (Å²) in [5.74, 6) is 0.575. The Morgan fingerprint density at radius 3 is 2.67 bits per heavy atom. The van der Waals surface area contributed by atoms with Crippen LogP contribution in [0.5, 0.6) is 0 Å². The first-order valence-electron chi connectivity index (χ1n) is 7.39. The second-order valence-corrected chi connectivity index (χ2v) is 8.65. The van der Waals surface area contributed by atoms with Gasteiger partial charge < -0.3 is 4.90 Å². The van der Waals surface area contributed by atoms with Gasteiger partial charge in [0.05, 0.1) is 5.56 Å². The zero-order valence-electron chi connectivity index (χ0n) is 11.8. The van der Waals surface area contributed by atoms with E-state index in [0.717, 1.165) is 30.7 Å². The molecule has 7 heteroatoms. The molecule has 0 aromatic carbocycles. The Kier molecular flexibility index (Phi) is 4.07. The van der Waals surface area contributed by atoms with Crippen molar-refractivity contribution in [2.75, 3.05) is 6.54 Å². The zero-order valence-corrected chi connectivity index (χ0v) is 13.5. The molecule has 21 heavy (non-hydrogen) atoms. The van der Waals surface area contributed by atoms with Gasteiger partial charge in [-0.1, -0.05) is 12.8 Å². The van der Waals surface area contributed by atoms with Crippen molar-refractivity contribution in [1.29, 1.82) is 0 Å². The van der Waals surface area contributed by atoms with E-state index >= 15 is 0 Å². The lowest BCUT2D eigenvalue weighted by molar-refractivity contribution is 0.0391. The molecule has 5 nitrogen and oxygen atoms in total. The Morgan fingerprint density at radius 1 is 1.24 bits per heavy atom. The second kappa shape index (κ2) is 5.70. The molecule has 116 valence electrons. The highest BCUT2D eigenvalue weighted by Gasteiger charge is 2.36. The van der Waals surface area contributed by atoms with Gasteiger partial charge in [0, 0.05) is 18.0 Å². The lowest BCUT2D eigenvalue weighted by Crippen LogP contribution is -2.49. The third-order valence-electron chi connectivity index (χ3n) is 4.61. The van der Waals surface area contributed by atoms with Crippen LogP contribution in [-0.2, 0) is 10.0 Å². The SMILES string of the molecule is NS(=O)(=O)c1cc(C(=O)N2CCCC3CCCCC32)cs1. The van der Waals surface area contributed by atoms with E-state index in [1.165, 1.54) is 31.7 Å². The monoisotopic (exact) mass is 328 g/mol. The number of sulfonamides is 1. The Labute approximate surface area is 129 Å². The van der Waals surface area contributed by atoms with Crippen LogP contribution in [0.1, 0.15) is 48.9 Å². The lowest BCUT2D eigenvalue weighted by Gasteiger charge is -2.44. The van der Waals surface area contributed by atoms with Crippen LogP contribution < -0.4 is 5.14 Å². The van der Waals surface area contributed by atoms with Crippen LogP contribution in [0.3, 0.4) is 0 Å². The minimum atomic E-state index is -3.72. The molecule has 0 radical (unpaired) electrons. The molecule has 1 aromatic rings. The highest BCUT2D eigenvalue weighted by Crippen LogP contribution is 2.36. The summed E-state index contributed by atoms with van der Waals surface area (Å²) in [7, 11) is -3.72. The number of primary sulfonamides is 1. The number of amides is 1. The summed E-state index contributed by atoms with van der Waals surface area (Å²) in [6, 6.07) is 1.74. The van der Waals surface area contributed by atoms with Gasteiger partial charge in [-0.25, -0.2) is 13.6 Å². The van der Waals surface area contributed by atoms with Gasteiger partial charge in [0.1, 0.15) is 4.21 Å². The number of likely N-dealkylation sites (tertiary alicyclic amines) is 1. The van der Waals surface area contributed by atoms with Gasteiger partial charge in [0.2, 0.25) is 10.0 Å². The molecule has 0 spiro atoms. The minimum absolute atomic E-state index is 0.0437. The normalized spacial score (nSPS) is 26.4. The summed E-state index contributed by atoms with van der Waals surface area (Å²) < 4.78 is 22.7. The average molecular weight is 328 g/mol. The molecule has 2 aliphatic rings. The predicted molar refractivity (Wildman–Crippen MR) is 81.7 cm³/mol. The Hall–Kier alpha value is -0.920. The van der Waals surface area contributed by atoms with Crippen molar-refractivity contribution in [1.82, 2.24) is 4.90 Å². The standard InChI is InChI=1S/C14H20N2O3S2/c15-21(18,19)13-8-11(9-20-13)14(17)16-7-3-5-10-4-1-2-6-12(10)16/h8-10,12H,1-7H2,(H2,15,18,19). The number of hydrogen-bond donors (Lipinski definition) is 1. The number of carbonyl (C=O) groups is 1. The van der Waals surface area contributed by atoms with Crippen molar-refractivity contribution < 1.29 is 13.2 Å². The molecule has 2 atom stereocenters. The van der Waals surface area contributed by atoms with E-state index in [9.17, 15) is 13.2 Å². The number of fused-ring (bicyclic) bond motifs is 1. The largest absolute Gasteiger partial charge is 0.335 e. The van der Waals surface area contributed by atoms with Gasteiger partial charge in [0.15, 0.2) is 0 Å². The molecule has 1 aliphatic carbocycles. The van der Waals surface area contributed by atoms with Crippen molar-refractivity contribution in [2.45, 2.75) is 48.8 Å². The summed E-state index contributed by atoms with van der Waals surface area (Å²) in [6.45, 7) is 0.778. The summed E-state index contributed by atoms with van der Waals surface area (Å²) >= 11 is 1.02. The molecule has 0 bridgehead atoms. The number of rotatable bonds is 2. The molecular weight excluding hydrogens is 308 g/mol. The number of hydrogen-bond acceptors (Lipinski definition) is 4. The summed E-state index contributed by atoms with van der Waals surface area (Å²) in [4.78, 5) is 14.7. The van der Waals surface area contributed by atoms with E-state index in [2.05, 4.69) is 0 Å². The first kappa shape index (κ1) is 15.0. The van der Waals surface area contributed by atoms with E-state index in [0.29, 0.717) is 17.5 Å². The first-order chi connectivity index (χ1) is 9.97. The maximum Gasteiger partial charge on any atom is 0.255 e. The maximum absolute atomic E-state index is 12.7. The summed E-state index contributed by atoms with van der Waals surface area (Å²) in [6.07, 6.45) is 6.97. The average Bonchev–Trinajstić information content (AvgIpc) is 2.96. The van der Waals surface area contributed by atoms with Crippen LogP contribution in [-0.4, -0.2) is 31.8 Å². The maximum atomic E-state index is 12.7. The van der Waals surface area contributed by atoms with Crippen LogP contribution in [0, 0.1) is 5.92 Å². The molecule has 1 aliphatic heterocycles. The smallest absolute Gasteiger partial charge is 0.255 e. The van der Waals surface area contributed by atoms with Gasteiger partial charge in [0.25, 0.3) is 5.91 Å². The molecule has 2 fully saturated rings. The molecule has 2 unspecified atom stereocenters.